The highest BCUT2D eigenvalue weighted by Crippen LogP contribution is 2.41. The SMILES string of the molecule is C=CCOC(=O)C(C)(CC(C)C(C)(C)C)C(C)C. The van der Waals surface area contributed by atoms with E-state index in [0.29, 0.717) is 12.5 Å². The van der Waals surface area contributed by atoms with Gasteiger partial charge in [-0.2, -0.15) is 0 Å². The van der Waals surface area contributed by atoms with Crippen molar-refractivity contribution in [2.24, 2.45) is 22.7 Å². The largest absolute Gasteiger partial charge is 0.461 e. The Hall–Kier alpha value is -0.790. The number of hydrogen-bond acceptors (Lipinski definition) is 2. The van der Waals surface area contributed by atoms with Gasteiger partial charge in [-0.05, 0) is 30.6 Å². The second-order valence-electron chi connectivity index (χ2n) is 6.93. The first-order chi connectivity index (χ1) is 8.05. The Morgan fingerprint density at radius 1 is 1.22 bits per heavy atom. The molecule has 0 fully saturated rings. The van der Waals surface area contributed by atoms with Gasteiger partial charge in [0.25, 0.3) is 0 Å². The van der Waals surface area contributed by atoms with Gasteiger partial charge in [0.05, 0.1) is 5.41 Å². The summed E-state index contributed by atoms with van der Waals surface area (Å²) in [6, 6.07) is 0. The summed E-state index contributed by atoms with van der Waals surface area (Å²) in [6.45, 7) is 18.9. The van der Waals surface area contributed by atoms with E-state index in [2.05, 4.69) is 48.1 Å². The fourth-order valence-electron chi connectivity index (χ4n) is 1.80. The first-order valence-electron chi connectivity index (χ1n) is 6.83. The van der Waals surface area contributed by atoms with Gasteiger partial charge in [0, 0.05) is 0 Å². The van der Waals surface area contributed by atoms with Gasteiger partial charge in [-0.1, -0.05) is 54.2 Å². The second kappa shape index (κ2) is 6.40. The molecule has 2 nitrogen and oxygen atoms in total. The van der Waals surface area contributed by atoms with E-state index >= 15 is 0 Å². The van der Waals surface area contributed by atoms with E-state index in [-0.39, 0.29) is 17.3 Å². The minimum absolute atomic E-state index is 0.103. The van der Waals surface area contributed by atoms with Crippen LogP contribution in [-0.4, -0.2) is 12.6 Å². The number of ether oxygens (including phenoxy) is 1. The van der Waals surface area contributed by atoms with Crippen molar-refractivity contribution in [1.29, 1.82) is 0 Å². The lowest BCUT2D eigenvalue weighted by atomic mass is 9.67. The van der Waals surface area contributed by atoms with Gasteiger partial charge in [-0.15, -0.1) is 0 Å². The Kier molecular flexibility index (Phi) is 6.12. The Balaban J connectivity index is 4.93. The van der Waals surface area contributed by atoms with Crippen LogP contribution in [0.4, 0.5) is 0 Å². The van der Waals surface area contributed by atoms with Gasteiger partial charge < -0.3 is 4.74 Å². The number of rotatable bonds is 6. The fraction of sp³-hybridized carbons (Fsp3) is 0.812. The molecule has 2 heteroatoms. The first-order valence-corrected chi connectivity index (χ1v) is 6.83. The summed E-state index contributed by atoms with van der Waals surface area (Å²) in [5.41, 5.74) is -0.218. The van der Waals surface area contributed by atoms with E-state index < -0.39 is 5.41 Å². The van der Waals surface area contributed by atoms with E-state index in [4.69, 9.17) is 4.74 Å². The molecule has 0 amide bonds. The molecule has 0 spiro atoms. The second-order valence-corrected chi connectivity index (χ2v) is 6.93. The van der Waals surface area contributed by atoms with E-state index in [1.54, 1.807) is 6.08 Å². The van der Waals surface area contributed by atoms with Crippen LogP contribution >= 0.6 is 0 Å². The maximum atomic E-state index is 12.3. The zero-order valence-corrected chi connectivity index (χ0v) is 13.2. The topological polar surface area (TPSA) is 26.3 Å². The summed E-state index contributed by atoms with van der Waals surface area (Å²) in [5, 5.41) is 0. The molecule has 106 valence electrons. The molecule has 0 aromatic heterocycles. The molecule has 0 aromatic carbocycles. The molecule has 0 aliphatic heterocycles. The summed E-state index contributed by atoms with van der Waals surface area (Å²) in [7, 11) is 0. The maximum Gasteiger partial charge on any atom is 0.312 e. The van der Waals surface area contributed by atoms with Crippen LogP contribution in [0.25, 0.3) is 0 Å². The molecule has 0 bridgehead atoms. The van der Waals surface area contributed by atoms with Crippen LogP contribution in [0.5, 0.6) is 0 Å². The van der Waals surface area contributed by atoms with Crippen molar-refractivity contribution in [3.63, 3.8) is 0 Å². The maximum absolute atomic E-state index is 12.3. The Labute approximate surface area is 113 Å². The van der Waals surface area contributed by atoms with Crippen LogP contribution < -0.4 is 0 Å². The molecule has 0 rings (SSSR count). The minimum atomic E-state index is -0.421. The molecule has 2 atom stereocenters. The van der Waals surface area contributed by atoms with Crippen molar-refractivity contribution in [3.05, 3.63) is 12.7 Å². The molecule has 18 heavy (non-hydrogen) atoms. The molecule has 0 saturated carbocycles. The average molecular weight is 254 g/mol. The number of esters is 1. The lowest BCUT2D eigenvalue weighted by Gasteiger charge is -2.38. The number of carbonyl (C=O) groups excluding carboxylic acids is 1. The van der Waals surface area contributed by atoms with Crippen molar-refractivity contribution < 1.29 is 9.53 Å². The van der Waals surface area contributed by atoms with E-state index in [9.17, 15) is 4.79 Å². The highest BCUT2D eigenvalue weighted by Gasteiger charge is 2.41. The molecule has 0 radical (unpaired) electrons. The lowest BCUT2D eigenvalue weighted by Crippen LogP contribution is -2.38. The lowest BCUT2D eigenvalue weighted by molar-refractivity contribution is -0.158. The summed E-state index contributed by atoms with van der Waals surface area (Å²) in [4.78, 5) is 12.3. The zero-order valence-electron chi connectivity index (χ0n) is 13.2. The molecule has 0 aliphatic carbocycles. The van der Waals surface area contributed by atoms with Gasteiger partial charge >= 0.3 is 5.97 Å². The number of carbonyl (C=O) groups is 1. The molecule has 0 N–H and O–H groups in total. The van der Waals surface area contributed by atoms with E-state index in [1.165, 1.54) is 0 Å². The average Bonchev–Trinajstić information content (AvgIpc) is 2.23. The number of hydrogen-bond donors (Lipinski definition) is 0. The molecule has 2 unspecified atom stereocenters. The Morgan fingerprint density at radius 3 is 2.06 bits per heavy atom. The minimum Gasteiger partial charge on any atom is -0.461 e. The van der Waals surface area contributed by atoms with Crippen molar-refractivity contribution in [2.45, 2.75) is 54.9 Å². The highest BCUT2D eigenvalue weighted by molar-refractivity contribution is 5.76. The highest BCUT2D eigenvalue weighted by atomic mass is 16.5. The van der Waals surface area contributed by atoms with Crippen LogP contribution in [0.1, 0.15) is 54.9 Å². The van der Waals surface area contributed by atoms with Crippen molar-refractivity contribution in [2.75, 3.05) is 6.61 Å². The van der Waals surface area contributed by atoms with Crippen LogP contribution in [-0.2, 0) is 9.53 Å². The molecule has 0 aliphatic rings. The molecular formula is C16H30O2. The smallest absolute Gasteiger partial charge is 0.312 e. The third-order valence-electron chi connectivity index (χ3n) is 4.28. The monoisotopic (exact) mass is 254 g/mol. The van der Waals surface area contributed by atoms with Crippen molar-refractivity contribution in [1.82, 2.24) is 0 Å². The van der Waals surface area contributed by atoms with Gasteiger partial charge in [0.2, 0.25) is 0 Å². The summed E-state index contributed by atoms with van der Waals surface area (Å²) < 4.78 is 5.27. The van der Waals surface area contributed by atoms with Crippen LogP contribution in [0.15, 0.2) is 12.7 Å². The predicted molar refractivity (Wildman–Crippen MR) is 77.3 cm³/mol. The van der Waals surface area contributed by atoms with Crippen molar-refractivity contribution >= 4 is 5.97 Å². The first kappa shape index (κ1) is 17.2. The van der Waals surface area contributed by atoms with Gasteiger partial charge in [0.15, 0.2) is 0 Å². The standard InChI is InChI=1S/C16H30O2/c1-9-10-18-14(17)16(8,12(2)3)11-13(4)15(5,6)7/h9,12-13H,1,10-11H2,2-8H3. The van der Waals surface area contributed by atoms with Crippen LogP contribution in [0.2, 0.25) is 0 Å². The quantitative estimate of drug-likeness (QED) is 0.517. The third-order valence-corrected chi connectivity index (χ3v) is 4.28. The van der Waals surface area contributed by atoms with Crippen LogP contribution in [0, 0.1) is 22.7 Å². The van der Waals surface area contributed by atoms with E-state index in [1.807, 2.05) is 6.92 Å². The van der Waals surface area contributed by atoms with Crippen molar-refractivity contribution in [3.8, 4) is 0 Å². The Morgan fingerprint density at radius 2 is 1.72 bits per heavy atom. The van der Waals surface area contributed by atoms with Gasteiger partial charge in [-0.25, -0.2) is 0 Å². The van der Waals surface area contributed by atoms with Crippen LogP contribution in [0.3, 0.4) is 0 Å². The van der Waals surface area contributed by atoms with Gasteiger partial charge in [0.1, 0.15) is 6.61 Å². The molecule has 0 heterocycles. The fourth-order valence-corrected chi connectivity index (χ4v) is 1.80. The molecular weight excluding hydrogens is 224 g/mol. The summed E-state index contributed by atoms with van der Waals surface area (Å²) >= 11 is 0. The predicted octanol–water partition coefficient (Wildman–Crippen LogP) is 4.45. The normalized spacial score (nSPS) is 17.1. The summed E-state index contributed by atoms with van der Waals surface area (Å²) in [5.74, 6) is 0.620. The Bertz CT molecular complexity index is 286. The molecule has 0 saturated heterocycles. The van der Waals surface area contributed by atoms with E-state index in [0.717, 1.165) is 6.42 Å². The third kappa shape index (κ3) is 4.47. The molecule has 0 aromatic rings. The van der Waals surface area contributed by atoms with Gasteiger partial charge in [-0.3, -0.25) is 4.79 Å². The zero-order chi connectivity index (χ0) is 14.6. The summed E-state index contributed by atoms with van der Waals surface area (Å²) in [6.07, 6.45) is 2.47.